The van der Waals surface area contributed by atoms with Crippen LogP contribution in [0.3, 0.4) is 0 Å². The molecule has 0 unspecified atom stereocenters. The Morgan fingerprint density at radius 2 is 2.35 bits per heavy atom. The monoisotopic (exact) mass is 335 g/mol. The summed E-state index contributed by atoms with van der Waals surface area (Å²) < 4.78 is 11.6. The molecule has 122 valence electrons. The van der Waals surface area contributed by atoms with Gasteiger partial charge < -0.3 is 14.5 Å². The summed E-state index contributed by atoms with van der Waals surface area (Å²) in [7, 11) is 1.72. The normalized spacial score (nSPS) is 10.9. The van der Waals surface area contributed by atoms with Crippen LogP contribution in [0, 0.1) is 6.92 Å². The van der Waals surface area contributed by atoms with E-state index in [1.165, 1.54) is 17.8 Å². The van der Waals surface area contributed by atoms with Crippen molar-refractivity contribution in [3.05, 3.63) is 47.4 Å². The fourth-order valence-corrected chi connectivity index (χ4v) is 2.35. The standard InChI is InChI=1S/C15H17N3O4S/c1-11-8-13(18(2)17-11)16-14(19)9-22-15(20)5-7-23-10-12-4-3-6-21-12/h3-8H,9-10H2,1-2H3,(H,16,19). The van der Waals surface area contributed by atoms with Crippen molar-refractivity contribution in [3.8, 4) is 0 Å². The molecule has 0 spiro atoms. The van der Waals surface area contributed by atoms with Gasteiger partial charge in [-0.1, -0.05) is 0 Å². The minimum atomic E-state index is -0.576. The minimum Gasteiger partial charge on any atom is -0.468 e. The summed E-state index contributed by atoms with van der Waals surface area (Å²) in [6, 6.07) is 5.38. The number of aryl methyl sites for hydroxylation is 2. The number of amides is 1. The fourth-order valence-electron chi connectivity index (χ4n) is 1.72. The first kappa shape index (κ1) is 16.9. The van der Waals surface area contributed by atoms with Gasteiger partial charge in [0.25, 0.3) is 5.91 Å². The molecule has 2 aromatic rings. The first-order valence-electron chi connectivity index (χ1n) is 6.82. The molecule has 1 amide bonds. The summed E-state index contributed by atoms with van der Waals surface area (Å²) in [6.45, 7) is 1.47. The van der Waals surface area contributed by atoms with Crippen molar-refractivity contribution in [3.63, 3.8) is 0 Å². The third kappa shape index (κ3) is 5.67. The lowest BCUT2D eigenvalue weighted by molar-refractivity contribution is -0.142. The molecule has 0 radical (unpaired) electrons. The molecule has 0 atom stereocenters. The second kappa shape index (κ2) is 8.23. The van der Waals surface area contributed by atoms with Crippen LogP contribution in [-0.2, 0) is 27.1 Å². The molecule has 1 N–H and O–H groups in total. The first-order chi connectivity index (χ1) is 11.0. The largest absolute Gasteiger partial charge is 0.468 e. The molecule has 0 aliphatic carbocycles. The number of anilines is 1. The van der Waals surface area contributed by atoms with Gasteiger partial charge in [-0.3, -0.25) is 9.48 Å². The predicted octanol–water partition coefficient (Wildman–Crippen LogP) is 2.25. The highest BCUT2D eigenvalue weighted by molar-refractivity contribution is 8.01. The van der Waals surface area contributed by atoms with Crippen molar-refractivity contribution in [2.75, 3.05) is 11.9 Å². The predicted molar refractivity (Wildman–Crippen MR) is 86.7 cm³/mol. The van der Waals surface area contributed by atoms with Crippen molar-refractivity contribution < 1.29 is 18.7 Å². The van der Waals surface area contributed by atoms with Crippen molar-refractivity contribution in [2.24, 2.45) is 7.05 Å². The Morgan fingerprint density at radius 1 is 1.52 bits per heavy atom. The maximum absolute atomic E-state index is 11.7. The number of nitrogens with one attached hydrogen (secondary N) is 1. The van der Waals surface area contributed by atoms with Crippen LogP contribution in [0.25, 0.3) is 0 Å². The number of carbonyl (C=O) groups is 2. The molecule has 0 bridgehead atoms. The molecule has 0 aliphatic rings. The second-order valence-electron chi connectivity index (χ2n) is 4.64. The van der Waals surface area contributed by atoms with Crippen molar-refractivity contribution in [2.45, 2.75) is 12.7 Å². The van der Waals surface area contributed by atoms with Crippen LogP contribution < -0.4 is 5.32 Å². The van der Waals surface area contributed by atoms with E-state index in [0.29, 0.717) is 11.6 Å². The van der Waals surface area contributed by atoms with E-state index in [2.05, 4.69) is 10.4 Å². The Balaban J connectivity index is 1.67. The second-order valence-corrected chi connectivity index (χ2v) is 5.54. The van der Waals surface area contributed by atoms with Gasteiger partial charge in [-0.2, -0.15) is 5.10 Å². The van der Waals surface area contributed by atoms with Gasteiger partial charge in [0.1, 0.15) is 11.6 Å². The van der Waals surface area contributed by atoms with Gasteiger partial charge in [-0.25, -0.2) is 4.79 Å². The number of nitrogens with zero attached hydrogens (tertiary/aromatic N) is 2. The third-order valence-electron chi connectivity index (χ3n) is 2.72. The van der Waals surface area contributed by atoms with Gasteiger partial charge in [0.2, 0.25) is 0 Å². The molecule has 0 saturated heterocycles. The molecule has 2 aromatic heterocycles. The Bertz CT molecular complexity index is 692. The molecule has 2 rings (SSSR count). The van der Waals surface area contributed by atoms with E-state index in [9.17, 15) is 9.59 Å². The quantitative estimate of drug-likeness (QED) is 0.617. The molecule has 23 heavy (non-hydrogen) atoms. The number of rotatable bonds is 7. The van der Waals surface area contributed by atoms with E-state index in [1.54, 1.807) is 35.5 Å². The summed E-state index contributed by atoms with van der Waals surface area (Å²) in [6.07, 6.45) is 2.87. The molecule has 0 aliphatic heterocycles. The third-order valence-corrected chi connectivity index (χ3v) is 3.50. The molecule has 2 heterocycles. The lowest BCUT2D eigenvalue weighted by Gasteiger charge is -2.05. The van der Waals surface area contributed by atoms with E-state index in [1.807, 2.05) is 13.0 Å². The van der Waals surface area contributed by atoms with Crippen molar-refractivity contribution in [1.29, 1.82) is 0 Å². The van der Waals surface area contributed by atoms with E-state index in [4.69, 9.17) is 9.15 Å². The number of hydrogen-bond donors (Lipinski definition) is 1. The molecular weight excluding hydrogens is 318 g/mol. The van der Waals surface area contributed by atoms with Crippen molar-refractivity contribution >= 4 is 29.5 Å². The lowest BCUT2D eigenvalue weighted by atomic mass is 10.4. The van der Waals surface area contributed by atoms with Crippen LogP contribution in [0.5, 0.6) is 0 Å². The summed E-state index contributed by atoms with van der Waals surface area (Å²) in [4.78, 5) is 23.2. The van der Waals surface area contributed by atoms with Crippen LogP contribution in [-0.4, -0.2) is 28.3 Å². The number of esters is 1. The highest BCUT2D eigenvalue weighted by Crippen LogP contribution is 2.13. The Hall–Kier alpha value is -2.48. The number of furan rings is 1. The molecule has 8 heteroatoms. The molecular formula is C15H17N3O4S. The van der Waals surface area contributed by atoms with E-state index in [0.717, 1.165) is 11.5 Å². The van der Waals surface area contributed by atoms with Crippen LogP contribution in [0.4, 0.5) is 5.82 Å². The van der Waals surface area contributed by atoms with Gasteiger partial charge in [-0.05, 0) is 24.5 Å². The summed E-state index contributed by atoms with van der Waals surface area (Å²) in [5.41, 5.74) is 0.788. The van der Waals surface area contributed by atoms with E-state index < -0.39 is 11.9 Å². The zero-order valence-electron chi connectivity index (χ0n) is 12.8. The highest BCUT2D eigenvalue weighted by atomic mass is 32.2. The Kier molecular flexibility index (Phi) is 6.04. The van der Waals surface area contributed by atoms with E-state index in [-0.39, 0.29) is 6.61 Å². The number of hydrogen-bond acceptors (Lipinski definition) is 6. The molecule has 0 aromatic carbocycles. The Morgan fingerprint density at radius 3 is 3.00 bits per heavy atom. The number of carbonyl (C=O) groups excluding carboxylic acids is 2. The lowest BCUT2D eigenvalue weighted by Crippen LogP contribution is -2.21. The highest BCUT2D eigenvalue weighted by Gasteiger charge is 2.08. The number of ether oxygens (including phenoxy) is 1. The molecule has 7 nitrogen and oxygen atoms in total. The van der Waals surface area contributed by atoms with Crippen LogP contribution in [0.1, 0.15) is 11.5 Å². The van der Waals surface area contributed by atoms with Gasteiger partial charge in [0.15, 0.2) is 6.61 Å². The van der Waals surface area contributed by atoms with Gasteiger partial charge >= 0.3 is 5.97 Å². The average Bonchev–Trinajstić information content (AvgIpc) is 3.12. The summed E-state index contributed by atoms with van der Waals surface area (Å²) >= 11 is 1.39. The maximum atomic E-state index is 11.7. The van der Waals surface area contributed by atoms with Crippen LogP contribution in [0.15, 0.2) is 40.4 Å². The van der Waals surface area contributed by atoms with Crippen molar-refractivity contribution in [1.82, 2.24) is 9.78 Å². The zero-order chi connectivity index (χ0) is 16.7. The molecule has 0 fully saturated rings. The average molecular weight is 335 g/mol. The Labute approximate surface area is 137 Å². The SMILES string of the molecule is Cc1cc(NC(=O)COC(=O)C=CSCc2ccco2)n(C)n1. The topological polar surface area (TPSA) is 86.4 Å². The first-order valence-corrected chi connectivity index (χ1v) is 7.87. The summed E-state index contributed by atoms with van der Waals surface area (Å²) in [5, 5.41) is 8.32. The van der Waals surface area contributed by atoms with Gasteiger partial charge in [0, 0.05) is 19.2 Å². The number of aromatic nitrogens is 2. The van der Waals surface area contributed by atoms with Gasteiger partial charge in [-0.15, -0.1) is 11.8 Å². The van der Waals surface area contributed by atoms with Gasteiger partial charge in [0.05, 0.1) is 17.7 Å². The van der Waals surface area contributed by atoms with Crippen LogP contribution in [0.2, 0.25) is 0 Å². The smallest absolute Gasteiger partial charge is 0.331 e. The maximum Gasteiger partial charge on any atom is 0.331 e. The minimum absolute atomic E-state index is 0.351. The zero-order valence-corrected chi connectivity index (χ0v) is 13.6. The number of thioether (sulfide) groups is 1. The summed E-state index contributed by atoms with van der Waals surface area (Å²) in [5.74, 6) is 0.995. The molecule has 0 saturated carbocycles. The van der Waals surface area contributed by atoms with E-state index >= 15 is 0 Å². The fraction of sp³-hybridized carbons (Fsp3) is 0.267. The van der Waals surface area contributed by atoms with Crippen LogP contribution >= 0.6 is 11.8 Å².